The highest BCUT2D eigenvalue weighted by molar-refractivity contribution is 8.00. The number of rotatable bonds is 6. The molecule has 0 bridgehead atoms. The molecule has 0 aliphatic carbocycles. The second kappa shape index (κ2) is 6.62. The highest BCUT2D eigenvalue weighted by Gasteiger charge is 2.29. The predicted molar refractivity (Wildman–Crippen MR) is 53.0 cm³/mol. The summed E-state index contributed by atoms with van der Waals surface area (Å²) in [5.41, 5.74) is -4.42. The van der Waals surface area contributed by atoms with Crippen molar-refractivity contribution in [3.05, 3.63) is 0 Å². The second-order valence-corrected chi connectivity index (χ2v) is 4.09. The fourth-order valence-corrected chi connectivity index (χ4v) is 1.35. The monoisotopic (exact) mass is 259 g/mol. The third kappa shape index (κ3) is 8.39. The highest BCUT2D eigenvalue weighted by atomic mass is 32.2. The number of halogens is 3. The van der Waals surface area contributed by atoms with E-state index in [2.05, 4.69) is 0 Å². The van der Waals surface area contributed by atoms with Crippen LogP contribution in [-0.4, -0.2) is 46.7 Å². The number of carbonyl (C=O) groups excluding carboxylic acids is 1. The van der Waals surface area contributed by atoms with E-state index in [1.807, 2.05) is 0 Å². The van der Waals surface area contributed by atoms with Crippen molar-refractivity contribution in [1.82, 2.24) is 4.90 Å². The molecule has 0 aliphatic rings. The normalized spacial score (nSPS) is 11.2. The minimum atomic E-state index is -4.42. The van der Waals surface area contributed by atoms with Gasteiger partial charge in [-0.1, -0.05) is 0 Å². The lowest BCUT2D eigenvalue weighted by molar-refractivity contribution is -0.137. The average molecular weight is 259 g/mol. The van der Waals surface area contributed by atoms with Crippen LogP contribution in [0.4, 0.5) is 13.2 Å². The zero-order valence-electron chi connectivity index (χ0n) is 8.58. The number of alkyl halides is 3. The molecule has 0 heterocycles. The largest absolute Gasteiger partial charge is 0.481 e. The maximum atomic E-state index is 11.8. The van der Waals surface area contributed by atoms with E-state index in [1.165, 1.54) is 7.05 Å². The van der Waals surface area contributed by atoms with Crippen LogP contribution in [0.5, 0.6) is 0 Å². The van der Waals surface area contributed by atoms with E-state index in [-0.39, 0.29) is 19.4 Å². The molecule has 0 unspecified atom stereocenters. The van der Waals surface area contributed by atoms with E-state index >= 15 is 0 Å². The Morgan fingerprint density at radius 2 is 1.94 bits per heavy atom. The molecule has 0 atom stereocenters. The minimum Gasteiger partial charge on any atom is -0.481 e. The van der Waals surface area contributed by atoms with E-state index in [9.17, 15) is 22.8 Å². The smallest absolute Gasteiger partial charge is 0.442 e. The highest BCUT2D eigenvalue weighted by Crippen LogP contribution is 2.29. The molecule has 1 N–H and O–H groups in total. The van der Waals surface area contributed by atoms with Gasteiger partial charge in [-0.15, -0.1) is 0 Å². The predicted octanol–water partition coefficient (Wildman–Crippen LogP) is 1.56. The van der Waals surface area contributed by atoms with Crippen LogP contribution in [0, 0.1) is 0 Å². The van der Waals surface area contributed by atoms with Gasteiger partial charge in [-0.2, -0.15) is 13.2 Å². The molecule has 0 saturated heterocycles. The molecule has 0 aromatic rings. The zero-order chi connectivity index (χ0) is 12.8. The molecule has 0 aromatic heterocycles. The van der Waals surface area contributed by atoms with Crippen molar-refractivity contribution in [1.29, 1.82) is 0 Å². The van der Waals surface area contributed by atoms with Gasteiger partial charge < -0.3 is 10.0 Å². The van der Waals surface area contributed by atoms with Crippen LogP contribution in [0.3, 0.4) is 0 Å². The fraction of sp³-hybridized carbons (Fsp3) is 0.750. The maximum absolute atomic E-state index is 11.8. The SMILES string of the molecule is CN(CCCC(=O)O)C(=O)CSC(F)(F)F. The number of amides is 1. The van der Waals surface area contributed by atoms with E-state index < -0.39 is 34.9 Å². The van der Waals surface area contributed by atoms with Gasteiger partial charge in [-0.05, 0) is 18.2 Å². The van der Waals surface area contributed by atoms with Crippen LogP contribution in [0.25, 0.3) is 0 Å². The molecule has 0 aromatic carbocycles. The Morgan fingerprint density at radius 1 is 1.38 bits per heavy atom. The van der Waals surface area contributed by atoms with Crippen molar-refractivity contribution in [2.75, 3.05) is 19.3 Å². The molecule has 0 radical (unpaired) electrons. The van der Waals surface area contributed by atoms with Gasteiger partial charge in [0, 0.05) is 20.0 Å². The first-order valence-electron chi connectivity index (χ1n) is 4.39. The molecule has 1 amide bonds. The molecule has 0 rings (SSSR count). The summed E-state index contributed by atoms with van der Waals surface area (Å²) in [7, 11) is 1.35. The fourth-order valence-electron chi connectivity index (χ4n) is 0.846. The number of nitrogens with zero attached hydrogens (tertiary/aromatic N) is 1. The number of carbonyl (C=O) groups is 2. The zero-order valence-corrected chi connectivity index (χ0v) is 9.40. The van der Waals surface area contributed by atoms with Gasteiger partial charge in [0.1, 0.15) is 0 Å². The molecular weight excluding hydrogens is 247 g/mol. The molecule has 0 aliphatic heterocycles. The Balaban J connectivity index is 3.78. The minimum absolute atomic E-state index is 0.107. The topological polar surface area (TPSA) is 57.6 Å². The third-order valence-corrected chi connectivity index (χ3v) is 2.39. The first-order chi connectivity index (χ1) is 7.22. The van der Waals surface area contributed by atoms with Gasteiger partial charge in [0.2, 0.25) is 5.91 Å². The van der Waals surface area contributed by atoms with Crippen LogP contribution in [-0.2, 0) is 9.59 Å². The maximum Gasteiger partial charge on any atom is 0.442 e. The lowest BCUT2D eigenvalue weighted by atomic mass is 10.3. The summed E-state index contributed by atoms with van der Waals surface area (Å²) in [6, 6.07) is 0. The van der Waals surface area contributed by atoms with Crippen LogP contribution in [0.15, 0.2) is 0 Å². The summed E-state index contributed by atoms with van der Waals surface area (Å²) >= 11 is -0.398. The number of carboxylic acid groups (broad SMARTS) is 1. The van der Waals surface area contributed by atoms with Crippen LogP contribution >= 0.6 is 11.8 Å². The number of hydrogen-bond donors (Lipinski definition) is 1. The summed E-state index contributed by atoms with van der Waals surface area (Å²) in [5, 5.41) is 8.32. The summed E-state index contributed by atoms with van der Waals surface area (Å²) < 4.78 is 35.3. The van der Waals surface area contributed by atoms with E-state index in [4.69, 9.17) is 5.11 Å². The van der Waals surface area contributed by atoms with Gasteiger partial charge in [0.25, 0.3) is 0 Å². The first kappa shape index (κ1) is 15.1. The second-order valence-electron chi connectivity index (χ2n) is 3.05. The number of carboxylic acids is 1. The Kier molecular flexibility index (Phi) is 6.24. The quantitative estimate of drug-likeness (QED) is 0.786. The molecule has 8 heteroatoms. The van der Waals surface area contributed by atoms with Gasteiger partial charge >= 0.3 is 11.5 Å². The average Bonchev–Trinajstić information content (AvgIpc) is 2.12. The van der Waals surface area contributed by atoms with Crippen molar-refractivity contribution in [3.63, 3.8) is 0 Å². The molecule has 0 saturated carbocycles. The number of thioether (sulfide) groups is 1. The van der Waals surface area contributed by atoms with Crippen LogP contribution in [0.2, 0.25) is 0 Å². The molecular formula is C8H12F3NO3S. The van der Waals surface area contributed by atoms with E-state index in [0.717, 1.165) is 4.90 Å². The van der Waals surface area contributed by atoms with Gasteiger partial charge in [0.05, 0.1) is 5.75 Å². The Hall–Kier alpha value is -0.920. The van der Waals surface area contributed by atoms with E-state index in [1.54, 1.807) is 0 Å². The molecule has 0 fully saturated rings. The van der Waals surface area contributed by atoms with Crippen molar-refractivity contribution >= 4 is 23.6 Å². The van der Waals surface area contributed by atoms with Gasteiger partial charge in [-0.3, -0.25) is 9.59 Å². The third-order valence-electron chi connectivity index (χ3n) is 1.67. The van der Waals surface area contributed by atoms with Crippen molar-refractivity contribution in [3.8, 4) is 0 Å². The van der Waals surface area contributed by atoms with E-state index in [0.29, 0.717) is 0 Å². The van der Waals surface area contributed by atoms with Gasteiger partial charge in [0.15, 0.2) is 0 Å². The first-order valence-corrected chi connectivity index (χ1v) is 5.37. The Labute approximate surface area is 94.8 Å². The Morgan fingerprint density at radius 3 is 2.38 bits per heavy atom. The lowest BCUT2D eigenvalue weighted by Crippen LogP contribution is -2.30. The summed E-state index contributed by atoms with van der Waals surface area (Å²) in [5.74, 6) is -2.33. The van der Waals surface area contributed by atoms with Gasteiger partial charge in [-0.25, -0.2) is 0 Å². The number of hydrogen-bond acceptors (Lipinski definition) is 3. The number of aliphatic carboxylic acids is 1. The lowest BCUT2D eigenvalue weighted by Gasteiger charge is -2.16. The van der Waals surface area contributed by atoms with Crippen molar-refractivity contribution in [2.24, 2.45) is 0 Å². The molecule has 4 nitrogen and oxygen atoms in total. The van der Waals surface area contributed by atoms with Crippen LogP contribution < -0.4 is 0 Å². The van der Waals surface area contributed by atoms with Crippen LogP contribution in [0.1, 0.15) is 12.8 Å². The van der Waals surface area contributed by atoms with Crippen molar-refractivity contribution < 1.29 is 27.9 Å². The molecule has 94 valence electrons. The summed E-state index contributed by atoms with van der Waals surface area (Å²) in [4.78, 5) is 22.4. The molecule has 16 heavy (non-hydrogen) atoms. The summed E-state index contributed by atoms with van der Waals surface area (Å²) in [6.45, 7) is 0.142. The van der Waals surface area contributed by atoms with Crippen molar-refractivity contribution in [2.45, 2.75) is 18.3 Å². The standard InChI is InChI=1S/C8H12F3NO3S/c1-12(4-2-3-7(14)15)6(13)5-16-8(9,10)11/h2-5H2,1H3,(H,14,15). The summed E-state index contributed by atoms with van der Waals surface area (Å²) in [6.07, 6.45) is 0.123. The Bertz CT molecular complexity index is 257. The molecule has 0 spiro atoms.